The molecule has 1 aromatic carbocycles. The van der Waals surface area contributed by atoms with Gasteiger partial charge in [-0.2, -0.15) is 0 Å². The summed E-state index contributed by atoms with van der Waals surface area (Å²) < 4.78 is 0.662. The topological polar surface area (TPSA) is 84.0 Å². The van der Waals surface area contributed by atoms with Crippen LogP contribution in [0.1, 0.15) is 18.9 Å². The van der Waals surface area contributed by atoms with E-state index in [-0.39, 0.29) is 17.6 Å². The number of hydrogen-bond acceptors (Lipinski definition) is 6. The molecule has 0 radical (unpaired) electrons. The summed E-state index contributed by atoms with van der Waals surface area (Å²) in [5, 5.41) is 13.8. The summed E-state index contributed by atoms with van der Waals surface area (Å²) in [5.74, 6) is 0.141. The Hall–Kier alpha value is -1.93. The molecule has 0 aliphatic rings. The fourth-order valence-corrected chi connectivity index (χ4v) is 3.29. The number of carbonyl (C=O) groups excluding carboxylic acids is 2. The van der Waals surface area contributed by atoms with Crippen LogP contribution in [0.15, 0.2) is 34.7 Å². The Morgan fingerprint density at radius 3 is 2.70 bits per heavy atom. The van der Waals surface area contributed by atoms with Crippen LogP contribution < -0.4 is 10.6 Å². The quantitative estimate of drug-likeness (QED) is 0.564. The van der Waals surface area contributed by atoms with Crippen LogP contribution in [0.2, 0.25) is 0 Å². The van der Waals surface area contributed by atoms with Gasteiger partial charge >= 0.3 is 0 Å². The highest BCUT2D eigenvalue weighted by Gasteiger charge is 2.09. The molecule has 1 heterocycles. The molecule has 0 aliphatic carbocycles. The van der Waals surface area contributed by atoms with Crippen LogP contribution in [0.3, 0.4) is 0 Å². The second kappa shape index (κ2) is 9.26. The number of nitrogens with one attached hydrogen (secondary N) is 2. The maximum atomic E-state index is 11.8. The van der Waals surface area contributed by atoms with Crippen molar-refractivity contribution in [2.45, 2.75) is 24.1 Å². The van der Waals surface area contributed by atoms with E-state index >= 15 is 0 Å². The van der Waals surface area contributed by atoms with Crippen LogP contribution in [0.5, 0.6) is 0 Å². The predicted molar refractivity (Wildman–Crippen MR) is 92.7 cm³/mol. The molecule has 0 saturated heterocycles. The second-order valence-electron chi connectivity index (χ2n) is 4.65. The molecule has 0 unspecified atom stereocenters. The van der Waals surface area contributed by atoms with Crippen LogP contribution in [-0.2, 0) is 16.0 Å². The standard InChI is InChI=1S/C15H18N4O2S2/c1-2-12(20)17-14-18-19-15(23-14)22-10-13(21)16-9-8-11-6-4-3-5-7-11/h3-7H,2,8-10H2,1H3,(H,16,21)(H,17,18,20). The first kappa shape index (κ1) is 17.4. The molecule has 23 heavy (non-hydrogen) atoms. The molecule has 2 aromatic rings. The third-order valence-corrected chi connectivity index (χ3v) is 4.85. The lowest BCUT2D eigenvalue weighted by molar-refractivity contribution is -0.118. The SMILES string of the molecule is CCC(=O)Nc1nnc(SCC(=O)NCCc2ccccc2)s1. The maximum absolute atomic E-state index is 11.8. The molecule has 0 spiro atoms. The van der Waals surface area contributed by atoms with Gasteiger partial charge in [-0.05, 0) is 12.0 Å². The molecule has 0 aliphatic heterocycles. The first-order valence-corrected chi connectivity index (χ1v) is 9.04. The van der Waals surface area contributed by atoms with Gasteiger partial charge in [0, 0.05) is 13.0 Å². The lowest BCUT2D eigenvalue weighted by Crippen LogP contribution is -2.27. The average Bonchev–Trinajstić information content (AvgIpc) is 3.01. The highest BCUT2D eigenvalue weighted by Crippen LogP contribution is 2.25. The van der Waals surface area contributed by atoms with Crippen molar-refractivity contribution < 1.29 is 9.59 Å². The van der Waals surface area contributed by atoms with Gasteiger partial charge in [-0.1, -0.05) is 60.4 Å². The highest BCUT2D eigenvalue weighted by molar-refractivity contribution is 8.01. The molecule has 122 valence electrons. The van der Waals surface area contributed by atoms with E-state index in [0.717, 1.165) is 6.42 Å². The van der Waals surface area contributed by atoms with Gasteiger partial charge in [0.05, 0.1) is 5.75 Å². The molecule has 0 bridgehead atoms. The number of thioether (sulfide) groups is 1. The number of amides is 2. The Morgan fingerprint density at radius 2 is 1.96 bits per heavy atom. The molecule has 1 aromatic heterocycles. The lowest BCUT2D eigenvalue weighted by Gasteiger charge is -2.04. The third kappa shape index (κ3) is 6.37. The smallest absolute Gasteiger partial charge is 0.230 e. The van der Waals surface area contributed by atoms with Gasteiger partial charge in [-0.15, -0.1) is 10.2 Å². The first-order chi connectivity index (χ1) is 11.2. The lowest BCUT2D eigenvalue weighted by atomic mass is 10.1. The molecular weight excluding hydrogens is 332 g/mol. The Balaban J connectivity index is 1.67. The molecular formula is C15H18N4O2S2. The molecule has 2 N–H and O–H groups in total. The summed E-state index contributed by atoms with van der Waals surface area (Å²) in [6.07, 6.45) is 1.20. The molecule has 6 nitrogen and oxygen atoms in total. The van der Waals surface area contributed by atoms with E-state index in [1.54, 1.807) is 6.92 Å². The van der Waals surface area contributed by atoms with E-state index in [0.29, 0.717) is 22.4 Å². The van der Waals surface area contributed by atoms with E-state index in [1.807, 2.05) is 30.3 Å². The van der Waals surface area contributed by atoms with E-state index < -0.39 is 0 Å². The Bertz CT molecular complexity index is 646. The number of nitrogens with zero attached hydrogens (tertiary/aromatic N) is 2. The first-order valence-electron chi connectivity index (χ1n) is 7.24. The van der Waals surface area contributed by atoms with Crippen molar-refractivity contribution in [3.63, 3.8) is 0 Å². The molecule has 0 atom stereocenters. The molecule has 2 rings (SSSR count). The highest BCUT2D eigenvalue weighted by atomic mass is 32.2. The number of aromatic nitrogens is 2. The number of anilines is 1. The van der Waals surface area contributed by atoms with Gasteiger partial charge < -0.3 is 10.6 Å². The minimum Gasteiger partial charge on any atom is -0.355 e. The predicted octanol–water partition coefficient (Wildman–Crippen LogP) is 2.34. The van der Waals surface area contributed by atoms with Crippen LogP contribution in [0.25, 0.3) is 0 Å². The van der Waals surface area contributed by atoms with Crippen molar-refractivity contribution in [3.05, 3.63) is 35.9 Å². The van der Waals surface area contributed by atoms with Gasteiger partial charge in [-0.3, -0.25) is 9.59 Å². The maximum Gasteiger partial charge on any atom is 0.230 e. The minimum atomic E-state index is -0.101. The van der Waals surface area contributed by atoms with E-state index in [1.165, 1.54) is 28.7 Å². The zero-order chi connectivity index (χ0) is 16.5. The minimum absolute atomic E-state index is 0.0414. The number of benzene rings is 1. The largest absolute Gasteiger partial charge is 0.355 e. The summed E-state index contributed by atoms with van der Waals surface area (Å²) >= 11 is 2.58. The fourth-order valence-electron chi connectivity index (χ4n) is 1.70. The van der Waals surface area contributed by atoms with Gasteiger partial charge in [0.15, 0.2) is 4.34 Å². The van der Waals surface area contributed by atoms with E-state index in [2.05, 4.69) is 20.8 Å². The fraction of sp³-hybridized carbons (Fsp3) is 0.333. The van der Waals surface area contributed by atoms with Crippen molar-refractivity contribution in [2.24, 2.45) is 0 Å². The molecule has 2 amide bonds. The Kier molecular flexibility index (Phi) is 7.02. The van der Waals surface area contributed by atoms with Crippen molar-refractivity contribution >= 4 is 40.0 Å². The van der Waals surface area contributed by atoms with Crippen LogP contribution >= 0.6 is 23.1 Å². The van der Waals surface area contributed by atoms with Gasteiger partial charge in [0.2, 0.25) is 16.9 Å². The van der Waals surface area contributed by atoms with Gasteiger partial charge in [0.1, 0.15) is 0 Å². The van der Waals surface area contributed by atoms with E-state index in [9.17, 15) is 9.59 Å². The summed E-state index contributed by atoms with van der Waals surface area (Å²) in [7, 11) is 0. The second-order valence-corrected chi connectivity index (χ2v) is 6.85. The Morgan fingerprint density at radius 1 is 1.17 bits per heavy atom. The molecule has 0 saturated carbocycles. The third-order valence-electron chi connectivity index (χ3n) is 2.88. The van der Waals surface area contributed by atoms with Crippen molar-refractivity contribution in [2.75, 3.05) is 17.6 Å². The molecule has 0 fully saturated rings. The normalized spacial score (nSPS) is 10.3. The average molecular weight is 350 g/mol. The monoisotopic (exact) mass is 350 g/mol. The van der Waals surface area contributed by atoms with E-state index in [4.69, 9.17) is 0 Å². The number of hydrogen-bond donors (Lipinski definition) is 2. The van der Waals surface area contributed by atoms with Crippen LogP contribution in [0, 0.1) is 0 Å². The number of rotatable bonds is 8. The summed E-state index contributed by atoms with van der Waals surface area (Å²) in [4.78, 5) is 23.0. The van der Waals surface area contributed by atoms with Crippen molar-refractivity contribution in [1.82, 2.24) is 15.5 Å². The van der Waals surface area contributed by atoms with Crippen LogP contribution in [0.4, 0.5) is 5.13 Å². The summed E-state index contributed by atoms with van der Waals surface area (Å²) in [6.45, 7) is 2.38. The zero-order valence-electron chi connectivity index (χ0n) is 12.7. The molecule has 8 heteroatoms. The Labute approximate surface area is 143 Å². The van der Waals surface area contributed by atoms with Crippen LogP contribution in [-0.4, -0.2) is 34.3 Å². The van der Waals surface area contributed by atoms with Crippen molar-refractivity contribution in [3.8, 4) is 0 Å². The van der Waals surface area contributed by atoms with Gasteiger partial charge in [0.25, 0.3) is 0 Å². The number of carbonyl (C=O) groups is 2. The zero-order valence-corrected chi connectivity index (χ0v) is 14.4. The van der Waals surface area contributed by atoms with Crippen molar-refractivity contribution in [1.29, 1.82) is 0 Å². The van der Waals surface area contributed by atoms with Gasteiger partial charge in [-0.25, -0.2) is 0 Å². The summed E-state index contributed by atoms with van der Waals surface area (Å²) in [6, 6.07) is 10.0. The summed E-state index contributed by atoms with van der Waals surface area (Å²) in [5.41, 5.74) is 1.20.